The van der Waals surface area contributed by atoms with Crippen molar-refractivity contribution in [2.24, 2.45) is 0 Å². The highest BCUT2D eigenvalue weighted by Gasteiger charge is 2.18. The van der Waals surface area contributed by atoms with Crippen LogP contribution in [-0.2, 0) is 4.74 Å². The minimum Gasteiger partial charge on any atom is -0.508 e. The van der Waals surface area contributed by atoms with Gasteiger partial charge in [0, 0.05) is 11.5 Å². The summed E-state index contributed by atoms with van der Waals surface area (Å²) in [4.78, 5) is 16.5. The van der Waals surface area contributed by atoms with Crippen LogP contribution in [0.15, 0.2) is 51.3 Å². The summed E-state index contributed by atoms with van der Waals surface area (Å²) in [5.74, 6) is -0.266. The summed E-state index contributed by atoms with van der Waals surface area (Å²) in [6, 6.07) is 11.3. The number of para-hydroxylation sites is 1. The van der Waals surface area contributed by atoms with Gasteiger partial charge in [-0.25, -0.2) is 9.78 Å². The number of carbonyl (C=O) groups excluding carboxylic acids is 1. The van der Waals surface area contributed by atoms with Crippen molar-refractivity contribution in [2.45, 2.75) is 6.92 Å². The lowest BCUT2D eigenvalue weighted by molar-refractivity contribution is 0.0528. The topological polar surface area (TPSA) is 110 Å². The van der Waals surface area contributed by atoms with Gasteiger partial charge < -0.3 is 18.7 Å². The Bertz CT molecular complexity index is 1210. The van der Waals surface area contributed by atoms with Gasteiger partial charge >= 0.3 is 5.97 Å². The number of rotatable bonds is 3. The molecule has 0 aliphatic heterocycles. The molecule has 0 bridgehead atoms. The van der Waals surface area contributed by atoms with E-state index in [2.05, 4.69) is 4.98 Å². The number of phenols is 1. The molecular formula is C19H14N2O5. The molecule has 0 saturated heterocycles. The monoisotopic (exact) mass is 350 g/mol. The Labute approximate surface area is 147 Å². The summed E-state index contributed by atoms with van der Waals surface area (Å²) in [5.41, 5.74) is 1.64. The van der Waals surface area contributed by atoms with Crippen LogP contribution in [0.1, 0.15) is 17.3 Å². The molecule has 0 amide bonds. The van der Waals surface area contributed by atoms with Crippen molar-refractivity contribution < 1.29 is 23.5 Å². The van der Waals surface area contributed by atoms with Crippen LogP contribution in [0.2, 0.25) is 0 Å². The summed E-state index contributed by atoms with van der Waals surface area (Å²) in [5, 5.41) is 18.3. The lowest BCUT2D eigenvalue weighted by Crippen LogP contribution is -2.05. The molecular weight excluding hydrogens is 336 g/mol. The van der Waals surface area contributed by atoms with Crippen molar-refractivity contribution in [3.8, 4) is 17.2 Å². The average molecular weight is 350 g/mol. The lowest BCUT2D eigenvalue weighted by atomic mass is 10.1. The summed E-state index contributed by atoms with van der Waals surface area (Å²) in [6.45, 7) is 1.99. The molecule has 2 N–H and O–H groups in total. The first-order chi connectivity index (χ1) is 12.6. The predicted molar refractivity (Wildman–Crippen MR) is 92.7 cm³/mol. The highest BCUT2D eigenvalue weighted by atomic mass is 16.5. The molecule has 7 nitrogen and oxygen atoms in total. The van der Waals surface area contributed by atoms with Gasteiger partial charge in [-0.1, -0.05) is 6.07 Å². The summed E-state index contributed by atoms with van der Waals surface area (Å²) in [7, 11) is 0. The van der Waals surface area contributed by atoms with E-state index in [9.17, 15) is 9.90 Å². The number of aromatic nitrogens is 1. The molecule has 2 aromatic heterocycles. The molecule has 0 fully saturated rings. The smallest absolute Gasteiger partial charge is 0.340 e. The van der Waals surface area contributed by atoms with Gasteiger partial charge in [-0.2, -0.15) is 0 Å². The van der Waals surface area contributed by atoms with Gasteiger partial charge in [-0.15, -0.1) is 0 Å². The number of carbonyl (C=O) groups is 1. The van der Waals surface area contributed by atoms with Crippen LogP contribution in [0.3, 0.4) is 0 Å². The van der Waals surface area contributed by atoms with E-state index in [1.807, 2.05) is 0 Å². The molecule has 0 saturated carbocycles. The number of fused-ring (bicyclic) bond motifs is 2. The second-order valence-corrected chi connectivity index (χ2v) is 5.60. The molecule has 7 heteroatoms. The maximum atomic E-state index is 12.1. The number of benzene rings is 2. The summed E-state index contributed by atoms with van der Waals surface area (Å²) < 4.78 is 16.2. The van der Waals surface area contributed by atoms with Crippen molar-refractivity contribution in [3.63, 3.8) is 0 Å². The lowest BCUT2D eigenvalue weighted by Gasteiger charge is -2.01. The number of nitrogens with one attached hydrogen (secondary N) is 1. The molecule has 0 spiro atoms. The fourth-order valence-electron chi connectivity index (χ4n) is 2.71. The average Bonchev–Trinajstić information content (AvgIpc) is 3.05. The summed E-state index contributed by atoms with van der Waals surface area (Å²) in [6.07, 6.45) is 0. The number of ether oxygens (including phenoxy) is 1. The second kappa shape index (κ2) is 6.03. The first kappa shape index (κ1) is 15.9. The van der Waals surface area contributed by atoms with Gasteiger partial charge in [0.15, 0.2) is 5.58 Å². The zero-order valence-corrected chi connectivity index (χ0v) is 13.8. The fraction of sp³-hybridized carbons (Fsp3) is 0.105. The fourth-order valence-corrected chi connectivity index (χ4v) is 2.71. The molecule has 130 valence electrons. The third-order valence-corrected chi connectivity index (χ3v) is 3.90. The van der Waals surface area contributed by atoms with Crippen molar-refractivity contribution in [1.82, 2.24) is 4.98 Å². The van der Waals surface area contributed by atoms with Crippen LogP contribution in [0.25, 0.3) is 33.5 Å². The standard InChI is InChI=1S/C19H14N2O5/c1-2-24-19(23)12-4-3-5-14-16(12)21-18(26-14)13-8-10-6-7-11(22)9-15(10)25-17(13)20/h3-9,20,22H,2H2,1H3. The van der Waals surface area contributed by atoms with Gasteiger partial charge in [0.1, 0.15) is 16.8 Å². The van der Waals surface area contributed by atoms with Gasteiger partial charge in [-0.3, -0.25) is 5.41 Å². The number of nitrogens with zero attached hydrogens (tertiary/aromatic N) is 1. The van der Waals surface area contributed by atoms with Crippen molar-refractivity contribution >= 4 is 28.0 Å². The van der Waals surface area contributed by atoms with Crippen molar-refractivity contribution in [1.29, 1.82) is 5.41 Å². The van der Waals surface area contributed by atoms with Crippen LogP contribution < -0.4 is 5.55 Å². The number of phenolic OH excluding ortho intramolecular Hbond substituents is 1. The van der Waals surface area contributed by atoms with E-state index >= 15 is 0 Å². The van der Waals surface area contributed by atoms with E-state index in [1.165, 1.54) is 12.1 Å². The van der Waals surface area contributed by atoms with Gasteiger partial charge in [0.2, 0.25) is 11.4 Å². The Hall–Kier alpha value is -3.61. The molecule has 2 aromatic carbocycles. The zero-order chi connectivity index (χ0) is 18.3. The first-order valence-electron chi connectivity index (χ1n) is 7.95. The zero-order valence-electron chi connectivity index (χ0n) is 13.8. The van der Waals surface area contributed by atoms with Crippen molar-refractivity contribution in [3.05, 3.63) is 53.6 Å². The minimum atomic E-state index is -0.484. The predicted octanol–water partition coefficient (Wildman–Crippen LogP) is 3.60. The Morgan fingerprint density at radius 3 is 2.85 bits per heavy atom. The van der Waals surface area contributed by atoms with E-state index in [0.29, 0.717) is 33.2 Å². The van der Waals surface area contributed by atoms with Gasteiger partial charge in [0.05, 0.1) is 17.7 Å². The molecule has 0 aliphatic rings. The molecule has 2 heterocycles. The molecule has 0 unspecified atom stereocenters. The van der Waals surface area contributed by atoms with E-state index in [4.69, 9.17) is 19.0 Å². The van der Waals surface area contributed by atoms with Gasteiger partial charge in [-0.05, 0) is 37.3 Å². The maximum absolute atomic E-state index is 12.1. The van der Waals surface area contributed by atoms with Crippen LogP contribution in [0.5, 0.6) is 5.75 Å². The van der Waals surface area contributed by atoms with Crippen LogP contribution in [-0.4, -0.2) is 22.7 Å². The normalized spacial score (nSPS) is 11.1. The van der Waals surface area contributed by atoms with E-state index < -0.39 is 5.97 Å². The number of aromatic hydroxyl groups is 1. The second-order valence-electron chi connectivity index (χ2n) is 5.60. The third kappa shape index (κ3) is 2.59. The SMILES string of the molecule is CCOC(=O)c1cccc2oc(-c3cc4ccc(O)cc4oc3=N)nc12. The van der Waals surface area contributed by atoms with Crippen LogP contribution >= 0.6 is 0 Å². The van der Waals surface area contributed by atoms with Crippen molar-refractivity contribution in [2.75, 3.05) is 6.61 Å². The number of oxazole rings is 1. The Morgan fingerprint density at radius 1 is 1.19 bits per heavy atom. The van der Waals surface area contributed by atoms with E-state index in [-0.39, 0.29) is 23.8 Å². The molecule has 0 atom stereocenters. The largest absolute Gasteiger partial charge is 0.508 e. The quantitative estimate of drug-likeness (QED) is 0.546. The number of hydrogen-bond acceptors (Lipinski definition) is 7. The first-order valence-corrected chi connectivity index (χ1v) is 7.95. The molecule has 26 heavy (non-hydrogen) atoms. The maximum Gasteiger partial charge on any atom is 0.340 e. The third-order valence-electron chi connectivity index (χ3n) is 3.90. The molecule has 4 rings (SSSR count). The molecule has 4 aromatic rings. The summed E-state index contributed by atoms with van der Waals surface area (Å²) >= 11 is 0. The number of esters is 1. The number of hydrogen-bond donors (Lipinski definition) is 2. The minimum absolute atomic E-state index is 0.0503. The molecule has 0 radical (unpaired) electrons. The highest BCUT2D eigenvalue weighted by molar-refractivity contribution is 6.02. The van der Waals surface area contributed by atoms with Crippen LogP contribution in [0.4, 0.5) is 0 Å². The Kier molecular flexibility index (Phi) is 3.69. The molecule has 0 aliphatic carbocycles. The van der Waals surface area contributed by atoms with Crippen LogP contribution in [0, 0.1) is 5.41 Å². The Morgan fingerprint density at radius 2 is 2.04 bits per heavy atom. The van der Waals surface area contributed by atoms with E-state index in [0.717, 1.165) is 0 Å². The van der Waals surface area contributed by atoms with Gasteiger partial charge in [0.25, 0.3) is 0 Å². The van der Waals surface area contributed by atoms with E-state index in [1.54, 1.807) is 37.3 Å². The highest BCUT2D eigenvalue weighted by Crippen LogP contribution is 2.27. The Balaban J connectivity index is 1.90.